The van der Waals surface area contributed by atoms with Crippen molar-refractivity contribution >= 4 is 0 Å². The highest BCUT2D eigenvalue weighted by atomic mass is 14.8. The zero-order chi connectivity index (χ0) is 21.6. The van der Waals surface area contributed by atoms with Gasteiger partial charge in [0.05, 0.1) is 0 Å². The van der Waals surface area contributed by atoms with Crippen LogP contribution in [0, 0.1) is 0 Å². The first-order valence-corrected chi connectivity index (χ1v) is 11.7. The molecule has 160 valence electrons. The Labute approximate surface area is 180 Å². The first kappa shape index (κ1) is 23.7. The molecule has 0 atom stereocenters. The van der Waals surface area contributed by atoms with Gasteiger partial charge >= 0.3 is 0 Å². The molecule has 0 aliphatic rings. The van der Waals surface area contributed by atoms with Gasteiger partial charge in [-0.3, -0.25) is 0 Å². The molecule has 0 aliphatic carbocycles. The predicted molar refractivity (Wildman–Crippen MR) is 130 cm³/mol. The van der Waals surface area contributed by atoms with Gasteiger partial charge in [0, 0.05) is 0 Å². The summed E-state index contributed by atoms with van der Waals surface area (Å²) in [6.45, 7) is 20.6. The summed E-state index contributed by atoms with van der Waals surface area (Å²) in [5, 5.41) is 3.71. The molecule has 0 aliphatic heterocycles. The van der Waals surface area contributed by atoms with E-state index in [0.29, 0.717) is 23.7 Å². The van der Waals surface area contributed by atoms with Crippen LogP contribution in [0.2, 0.25) is 0 Å². The summed E-state index contributed by atoms with van der Waals surface area (Å²) >= 11 is 0. The first-order chi connectivity index (χ1) is 13.7. The van der Waals surface area contributed by atoms with Gasteiger partial charge in [0.25, 0.3) is 0 Å². The van der Waals surface area contributed by atoms with E-state index >= 15 is 0 Å². The second kappa shape index (κ2) is 11.0. The van der Waals surface area contributed by atoms with Crippen molar-refractivity contribution in [1.82, 2.24) is 5.32 Å². The fourth-order valence-corrected chi connectivity index (χ4v) is 4.69. The number of nitrogens with one attached hydrogen (secondary N) is 1. The number of rotatable bonds is 10. The Hall–Kier alpha value is -1.60. The highest BCUT2D eigenvalue weighted by Gasteiger charge is 2.15. The van der Waals surface area contributed by atoms with Crippen LogP contribution in [0.15, 0.2) is 36.4 Å². The van der Waals surface area contributed by atoms with Gasteiger partial charge in [-0.1, -0.05) is 91.8 Å². The summed E-state index contributed by atoms with van der Waals surface area (Å²) in [7, 11) is 0. The van der Waals surface area contributed by atoms with Gasteiger partial charge in [0.15, 0.2) is 0 Å². The molecular formula is C28H43N. The van der Waals surface area contributed by atoms with Crippen molar-refractivity contribution in [3.8, 4) is 0 Å². The van der Waals surface area contributed by atoms with Crippen LogP contribution in [0.1, 0.15) is 112 Å². The maximum absolute atomic E-state index is 3.71. The molecule has 0 saturated heterocycles. The van der Waals surface area contributed by atoms with Crippen LogP contribution in [0.4, 0.5) is 0 Å². The Morgan fingerprint density at radius 2 is 0.931 bits per heavy atom. The van der Waals surface area contributed by atoms with Crippen molar-refractivity contribution in [3.05, 3.63) is 69.8 Å². The molecule has 0 unspecified atom stereocenters. The van der Waals surface area contributed by atoms with Crippen LogP contribution < -0.4 is 5.32 Å². The smallest absolute Gasteiger partial charge is 0.000812 e. The molecule has 0 heterocycles. The minimum atomic E-state index is 0.580. The van der Waals surface area contributed by atoms with E-state index in [1.165, 1.54) is 22.3 Å². The molecular weight excluding hydrogens is 350 g/mol. The molecule has 0 aromatic heterocycles. The summed E-state index contributed by atoms with van der Waals surface area (Å²) in [4.78, 5) is 0. The van der Waals surface area contributed by atoms with Crippen molar-refractivity contribution in [2.24, 2.45) is 0 Å². The highest BCUT2D eigenvalue weighted by molar-refractivity contribution is 5.40. The second-order valence-electron chi connectivity index (χ2n) is 9.71. The quantitative estimate of drug-likeness (QED) is 0.411. The molecule has 0 spiro atoms. The van der Waals surface area contributed by atoms with E-state index in [0.717, 1.165) is 25.9 Å². The SMILES string of the molecule is CC(C)c1cccc(CCNCCc2cccc(C(C)C)c2C(C)C)c1C(C)C. The molecule has 2 aromatic carbocycles. The zero-order valence-electron chi connectivity index (χ0n) is 20.1. The largest absolute Gasteiger partial charge is 0.316 e. The Kier molecular flexibility index (Phi) is 8.96. The molecule has 1 N–H and O–H groups in total. The number of benzene rings is 2. The van der Waals surface area contributed by atoms with Crippen molar-refractivity contribution in [1.29, 1.82) is 0 Å². The van der Waals surface area contributed by atoms with E-state index in [1.54, 1.807) is 11.1 Å². The van der Waals surface area contributed by atoms with E-state index in [4.69, 9.17) is 0 Å². The molecule has 0 saturated carbocycles. The average molecular weight is 394 g/mol. The standard InChI is InChI=1S/C28H43N/c1-19(2)25-13-9-11-23(27(25)21(5)6)15-17-29-18-16-24-12-10-14-26(20(3)4)28(24)22(7)8/h9-14,19-22,29H,15-18H2,1-8H3. The van der Waals surface area contributed by atoms with Crippen LogP contribution in [-0.2, 0) is 12.8 Å². The maximum atomic E-state index is 3.71. The molecule has 0 amide bonds. The highest BCUT2D eigenvalue weighted by Crippen LogP contribution is 2.30. The summed E-state index contributed by atoms with van der Waals surface area (Å²) in [5.74, 6) is 2.33. The first-order valence-electron chi connectivity index (χ1n) is 11.7. The van der Waals surface area contributed by atoms with Crippen molar-refractivity contribution < 1.29 is 0 Å². The van der Waals surface area contributed by atoms with Gasteiger partial charge in [-0.25, -0.2) is 0 Å². The monoisotopic (exact) mass is 393 g/mol. The van der Waals surface area contributed by atoms with Crippen LogP contribution in [0.25, 0.3) is 0 Å². The third-order valence-corrected chi connectivity index (χ3v) is 6.00. The molecule has 29 heavy (non-hydrogen) atoms. The lowest BCUT2D eigenvalue weighted by molar-refractivity contribution is 0.666. The van der Waals surface area contributed by atoms with E-state index in [9.17, 15) is 0 Å². The predicted octanol–water partition coefficient (Wildman–Crippen LogP) is 7.56. The summed E-state index contributed by atoms with van der Waals surface area (Å²) in [5.41, 5.74) is 9.20. The van der Waals surface area contributed by atoms with Crippen molar-refractivity contribution in [2.45, 2.75) is 91.9 Å². The Bertz CT molecular complexity index is 702. The fraction of sp³-hybridized carbons (Fsp3) is 0.571. The van der Waals surface area contributed by atoms with Crippen LogP contribution in [0.5, 0.6) is 0 Å². The van der Waals surface area contributed by atoms with E-state index in [1.807, 2.05) is 0 Å². The third-order valence-electron chi connectivity index (χ3n) is 6.00. The fourth-order valence-electron chi connectivity index (χ4n) is 4.69. The molecule has 0 radical (unpaired) electrons. The molecule has 1 nitrogen and oxygen atoms in total. The Morgan fingerprint density at radius 3 is 1.24 bits per heavy atom. The third kappa shape index (κ3) is 6.19. The molecule has 2 rings (SSSR count). The van der Waals surface area contributed by atoms with Crippen LogP contribution >= 0.6 is 0 Å². The maximum Gasteiger partial charge on any atom is -0.000812 e. The van der Waals surface area contributed by atoms with Gasteiger partial charge in [-0.2, -0.15) is 0 Å². The molecule has 1 heteroatoms. The summed E-state index contributed by atoms with van der Waals surface area (Å²) in [6, 6.07) is 13.8. The summed E-state index contributed by atoms with van der Waals surface area (Å²) in [6.07, 6.45) is 2.22. The lowest BCUT2D eigenvalue weighted by atomic mass is 9.85. The number of hydrogen-bond donors (Lipinski definition) is 1. The van der Waals surface area contributed by atoms with Crippen LogP contribution in [-0.4, -0.2) is 13.1 Å². The van der Waals surface area contributed by atoms with Crippen LogP contribution in [0.3, 0.4) is 0 Å². The molecule has 2 aromatic rings. The van der Waals surface area contributed by atoms with E-state index in [2.05, 4.69) is 97.1 Å². The van der Waals surface area contributed by atoms with E-state index in [-0.39, 0.29) is 0 Å². The van der Waals surface area contributed by atoms with Gasteiger partial charge in [0.1, 0.15) is 0 Å². The van der Waals surface area contributed by atoms with Crippen molar-refractivity contribution in [3.63, 3.8) is 0 Å². The van der Waals surface area contributed by atoms with Gasteiger partial charge in [-0.15, -0.1) is 0 Å². The summed E-state index contributed by atoms with van der Waals surface area (Å²) < 4.78 is 0. The average Bonchev–Trinajstić information content (AvgIpc) is 2.66. The Balaban J connectivity index is 2.00. The Morgan fingerprint density at radius 1 is 0.552 bits per heavy atom. The van der Waals surface area contributed by atoms with Gasteiger partial charge in [-0.05, 0) is 83.0 Å². The normalized spacial score (nSPS) is 12.0. The topological polar surface area (TPSA) is 12.0 Å². The lowest BCUT2D eigenvalue weighted by Gasteiger charge is -2.21. The molecule has 0 bridgehead atoms. The second-order valence-corrected chi connectivity index (χ2v) is 9.71. The minimum absolute atomic E-state index is 0.580. The number of hydrogen-bond acceptors (Lipinski definition) is 1. The van der Waals surface area contributed by atoms with Crippen molar-refractivity contribution in [2.75, 3.05) is 13.1 Å². The van der Waals surface area contributed by atoms with Gasteiger partial charge < -0.3 is 5.32 Å². The molecule has 0 fully saturated rings. The zero-order valence-corrected chi connectivity index (χ0v) is 20.1. The van der Waals surface area contributed by atoms with Gasteiger partial charge in [0.2, 0.25) is 0 Å². The minimum Gasteiger partial charge on any atom is -0.316 e. The lowest BCUT2D eigenvalue weighted by Crippen LogP contribution is -2.21. The van der Waals surface area contributed by atoms with E-state index < -0.39 is 0 Å².